The van der Waals surface area contributed by atoms with Crippen LogP contribution in [-0.2, 0) is 4.79 Å². The predicted molar refractivity (Wildman–Crippen MR) is 78.5 cm³/mol. The third kappa shape index (κ3) is 4.93. The molecule has 0 aliphatic carbocycles. The van der Waals surface area contributed by atoms with Crippen molar-refractivity contribution in [1.29, 1.82) is 0 Å². The molecule has 0 saturated carbocycles. The molecule has 0 atom stereocenters. The van der Waals surface area contributed by atoms with Crippen LogP contribution < -0.4 is 10.1 Å². The van der Waals surface area contributed by atoms with E-state index in [2.05, 4.69) is 25.2 Å². The summed E-state index contributed by atoms with van der Waals surface area (Å²) < 4.78 is 5.75. The van der Waals surface area contributed by atoms with Crippen LogP contribution in [0.5, 0.6) is 5.75 Å². The van der Waals surface area contributed by atoms with Gasteiger partial charge >= 0.3 is 0 Å². The summed E-state index contributed by atoms with van der Waals surface area (Å²) in [5, 5.41) is 2.88. The van der Waals surface area contributed by atoms with E-state index >= 15 is 0 Å². The Labute approximate surface area is 116 Å². The van der Waals surface area contributed by atoms with Crippen LogP contribution in [0.2, 0.25) is 0 Å². The van der Waals surface area contributed by atoms with E-state index in [0.29, 0.717) is 19.1 Å². The number of rotatable bonds is 5. The van der Waals surface area contributed by atoms with Crippen LogP contribution in [0.4, 0.5) is 0 Å². The molecule has 1 rings (SSSR count). The SMILES string of the molecule is CC(C)c1ccccc1OCCNC(=O)C(C)(C)C. The van der Waals surface area contributed by atoms with Crippen molar-refractivity contribution in [3.63, 3.8) is 0 Å². The molecule has 0 fully saturated rings. The number of ether oxygens (including phenoxy) is 1. The fourth-order valence-electron chi connectivity index (χ4n) is 1.68. The highest BCUT2D eigenvalue weighted by atomic mass is 16.5. The highest BCUT2D eigenvalue weighted by Gasteiger charge is 2.20. The largest absolute Gasteiger partial charge is 0.491 e. The maximum absolute atomic E-state index is 11.7. The normalized spacial score (nSPS) is 11.5. The van der Waals surface area contributed by atoms with Gasteiger partial charge in [-0.25, -0.2) is 0 Å². The van der Waals surface area contributed by atoms with Crippen molar-refractivity contribution >= 4 is 5.91 Å². The van der Waals surface area contributed by atoms with Crippen molar-refractivity contribution in [2.45, 2.75) is 40.5 Å². The Morgan fingerprint density at radius 1 is 1.26 bits per heavy atom. The van der Waals surface area contributed by atoms with Crippen LogP contribution in [0.3, 0.4) is 0 Å². The molecule has 0 aliphatic heterocycles. The van der Waals surface area contributed by atoms with E-state index in [1.165, 1.54) is 5.56 Å². The molecule has 1 aromatic rings. The van der Waals surface area contributed by atoms with Crippen molar-refractivity contribution < 1.29 is 9.53 Å². The van der Waals surface area contributed by atoms with Gasteiger partial charge in [-0.3, -0.25) is 4.79 Å². The van der Waals surface area contributed by atoms with Gasteiger partial charge in [-0.2, -0.15) is 0 Å². The zero-order chi connectivity index (χ0) is 14.5. The van der Waals surface area contributed by atoms with Gasteiger partial charge in [0.05, 0.1) is 6.54 Å². The lowest BCUT2D eigenvalue weighted by Crippen LogP contribution is -2.37. The third-order valence-corrected chi connectivity index (χ3v) is 2.87. The summed E-state index contributed by atoms with van der Waals surface area (Å²) in [5.41, 5.74) is 0.847. The second-order valence-electron chi connectivity index (χ2n) is 6.05. The predicted octanol–water partition coefficient (Wildman–Crippen LogP) is 3.35. The number of para-hydroxylation sites is 1. The standard InChI is InChI=1S/C16H25NO2/c1-12(2)13-8-6-7-9-14(13)19-11-10-17-15(18)16(3,4)5/h6-9,12H,10-11H2,1-5H3,(H,17,18). The first-order chi connectivity index (χ1) is 8.82. The minimum absolute atomic E-state index is 0.0493. The Morgan fingerprint density at radius 3 is 2.47 bits per heavy atom. The molecule has 19 heavy (non-hydrogen) atoms. The number of amides is 1. The highest BCUT2D eigenvalue weighted by Crippen LogP contribution is 2.25. The van der Waals surface area contributed by atoms with Gasteiger partial charge in [-0.1, -0.05) is 52.8 Å². The Kier molecular flexibility index (Phi) is 5.40. The zero-order valence-electron chi connectivity index (χ0n) is 12.6. The van der Waals surface area contributed by atoms with Gasteiger partial charge in [0, 0.05) is 5.41 Å². The van der Waals surface area contributed by atoms with Crippen LogP contribution in [-0.4, -0.2) is 19.1 Å². The molecule has 1 aromatic carbocycles. The number of hydrogen-bond acceptors (Lipinski definition) is 2. The number of carbonyl (C=O) groups is 1. The lowest BCUT2D eigenvalue weighted by atomic mass is 9.96. The molecule has 0 aliphatic rings. The lowest BCUT2D eigenvalue weighted by molar-refractivity contribution is -0.128. The number of nitrogens with one attached hydrogen (secondary N) is 1. The van der Waals surface area contributed by atoms with Gasteiger partial charge in [0.25, 0.3) is 0 Å². The third-order valence-electron chi connectivity index (χ3n) is 2.87. The van der Waals surface area contributed by atoms with Gasteiger partial charge in [0.15, 0.2) is 0 Å². The summed E-state index contributed by atoms with van der Waals surface area (Å²) in [6.45, 7) is 11.0. The van der Waals surface area contributed by atoms with Crippen LogP contribution in [0.1, 0.15) is 46.1 Å². The molecule has 1 N–H and O–H groups in total. The van der Waals surface area contributed by atoms with Crippen molar-refractivity contribution in [3.8, 4) is 5.75 Å². The molecule has 0 saturated heterocycles. The Balaban J connectivity index is 2.44. The van der Waals surface area contributed by atoms with Crippen LogP contribution >= 0.6 is 0 Å². The van der Waals surface area contributed by atoms with Crippen molar-refractivity contribution in [2.24, 2.45) is 5.41 Å². The molecular weight excluding hydrogens is 238 g/mol. The summed E-state index contributed by atoms with van der Waals surface area (Å²) in [6.07, 6.45) is 0. The molecule has 3 nitrogen and oxygen atoms in total. The van der Waals surface area contributed by atoms with Crippen LogP contribution in [0.15, 0.2) is 24.3 Å². The minimum Gasteiger partial charge on any atom is -0.491 e. The fraction of sp³-hybridized carbons (Fsp3) is 0.562. The summed E-state index contributed by atoms with van der Waals surface area (Å²) in [6, 6.07) is 8.03. The first-order valence-corrected chi connectivity index (χ1v) is 6.82. The molecule has 0 heterocycles. The highest BCUT2D eigenvalue weighted by molar-refractivity contribution is 5.81. The molecule has 0 spiro atoms. The van der Waals surface area contributed by atoms with Crippen molar-refractivity contribution in [1.82, 2.24) is 5.32 Å². The molecule has 0 radical (unpaired) electrons. The topological polar surface area (TPSA) is 38.3 Å². The quantitative estimate of drug-likeness (QED) is 0.827. The maximum atomic E-state index is 11.7. The lowest BCUT2D eigenvalue weighted by Gasteiger charge is -2.18. The number of hydrogen-bond donors (Lipinski definition) is 1. The van der Waals surface area contributed by atoms with E-state index in [-0.39, 0.29) is 11.3 Å². The van der Waals surface area contributed by atoms with Gasteiger partial charge in [0.2, 0.25) is 5.91 Å². The number of carbonyl (C=O) groups excluding carboxylic acids is 1. The van der Waals surface area contributed by atoms with E-state index in [1.54, 1.807) is 0 Å². The first kappa shape index (κ1) is 15.5. The number of benzene rings is 1. The van der Waals surface area contributed by atoms with Gasteiger partial charge in [0.1, 0.15) is 12.4 Å². The Hall–Kier alpha value is -1.51. The van der Waals surface area contributed by atoms with Gasteiger partial charge in [-0.15, -0.1) is 0 Å². The van der Waals surface area contributed by atoms with Gasteiger partial charge < -0.3 is 10.1 Å². The van der Waals surface area contributed by atoms with Crippen molar-refractivity contribution in [2.75, 3.05) is 13.2 Å². The molecule has 106 valence electrons. The molecule has 1 amide bonds. The van der Waals surface area contributed by atoms with Gasteiger partial charge in [-0.05, 0) is 17.5 Å². The second kappa shape index (κ2) is 6.60. The monoisotopic (exact) mass is 263 g/mol. The zero-order valence-corrected chi connectivity index (χ0v) is 12.6. The molecule has 0 unspecified atom stereocenters. The van der Waals surface area contributed by atoms with E-state index in [1.807, 2.05) is 39.0 Å². The summed E-state index contributed by atoms with van der Waals surface area (Å²) >= 11 is 0. The van der Waals surface area contributed by atoms with E-state index in [4.69, 9.17) is 4.74 Å². The smallest absolute Gasteiger partial charge is 0.225 e. The molecule has 0 bridgehead atoms. The fourth-order valence-corrected chi connectivity index (χ4v) is 1.68. The van der Waals surface area contributed by atoms with Crippen LogP contribution in [0.25, 0.3) is 0 Å². The summed E-state index contributed by atoms with van der Waals surface area (Å²) in [7, 11) is 0. The molecule has 3 heteroatoms. The Morgan fingerprint density at radius 2 is 1.89 bits per heavy atom. The molecular formula is C16H25NO2. The van der Waals surface area contributed by atoms with Crippen LogP contribution in [0, 0.1) is 5.41 Å². The van der Waals surface area contributed by atoms with Crippen molar-refractivity contribution in [3.05, 3.63) is 29.8 Å². The second-order valence-corrected chi connectivity index (χ2v) is 6.05. The first-order valence-electron chi connectivity index (χ1n) is 6.82. The van der Waals surface area contributed by atoms with E-state index in [0.717, 1.165) is 5.75 Å². The average molecular weight is 263 g/mol. The Bertz CT molecular complexity index is 419. The van der Waals surface area contributed by atoms with E-state index in [9.17, 15) is 4.79 Å². The van der Waals surface area contributed by atoms with E-state index < -0.39 is 0 Å². The average Bonchev–Trinajstić information content (AvgIpc) is 2.33. The molecule has 0 aromatic heterocycles. The summed E-state index contributed by atoms with van der Waals surface area (Å²) in [5.74, 6) is 1.39. The summed E-state index contributed by atoms with van der Waals surface area (Å²) in [4.78, 5) is 11.7. The maximum Gasteiger partial charge on any atom is 0.225 e. The minimum atomic E-state index is -0.351.